The maximum atomic E-state index is 10.3. The van der Waals surface area contributed by atoms with Crippen molar-refractivity contribution in [3.05, 3.63) is 0 Å². The molecule has 0 fully saturated rings. The molecular formula is C5H12O4S. The first-order valence-electron chi connectivity index (χ1n) is 2.91. The highest BCUT2D eigenvalue weighted by atomic mass is 32.2. The van der Waals surface area contributed by atoms with Gasteiger partial charge in [-0.15, -0.1) is 0 Å². The fourth-order valence-electron chi connectivity index (χ4n) is 0.292. The van der Waals surface area contributed by atoms with Crippen LogP contribution in [0, 0.1) is 5.92 Å². The Bertz CT molecular complexity index is 172. The molecule has 62 valence electrons. The molecule has 0 saturated heterocycles. The van der Waals surface area contributed by atoms with E-state index in [4.69, 9.17) is 5.11 Å². The topological polar surface area (TPSA) is 63.6 Å². The molecule has 0 aliphatic carbocycles. The molecule has 0 aromatic heterocycles. The molecular weight excluding hydrogens is 156 g/mol. The van der Waals surface area contributed by atoms with E-state index >= 15 is 0 Å². The van der Waals surface area contributed by atoms with Crippen molar-refractivity contribution < 1.29 is 17.7 Å². The van der Waals surface area contributed by atoms with Crippen molar-refractivity contribution in [2.75, 3.05) is 19.5 Å². The van der Waals surface area contributed by atoms with E-state index in [0.29, 0.717) is 0 Å². The van der Waals surface area contributed by atoms with Crippen molar-refractivity contribution in [2.45, 2.75) is 6.92 Å². The van der Waals surface area contributed by atoms with Crippen molar-refractivity contribution in [1.82, 2.24) is 0 Å². The third-order valence-corrected chi connectivity index (χ3v) is 1.44. The van der Waals surface area contributed by atoms with Crippen molar-refractivity contribution in [3.8, 4) is 0 Å². The van der Waals surface area contributed by atoms with E-state index in [1.807, 2.05) is 0 Å². The van der Waals surface area contributed by atoms with Crippen molar-refractivity contribution in [2.24, 2.45) is 5.92 Å². The molecule has 0 aromatic rings. The largest absolute Gasteiger partial charge is 0.396 e. The second kappa shape index (κ2) is 3.90. The standard InChI is InChI=1S/C5H12O4S/c1-5(3-6)4-9-10(2,7)8/h5-6H,3-4H2,1-2H3. The van der Waals surface area contributed by atoms with Gasteiger partial charge in [-0.25, -0.2) is 0 Å². The van der Waals surface area contributed by atoms with Gasteiger partial charge >= 0.3 is 0 Å². The maximum absolute atomic E-state index is 10.3. The minimum absolute atomic E-state index is 0.0509. The highest BCUT2D eigenvalue weighted by Crippen LogP contribution is 1.96. The van der Waals surface area contributed by atoms with Crippen LogP contribution >= 0.6 is 0 Å². The van der Waals surface area contributed by atoms with Crippen LogP contribution in [-0.2, 0) is 14.3 Å². The quantitative estimate of drug-likeness (QED) is 0.580. The zero-order valence-electron chi connectivity index (χ0n) is 6.07. The highest BCUT2D eigenvalue weighted by molar-refractivity contribution is 7.85. The molecule has 1 atom stereocenters. The van der Waals surface area contributed by atoms with Gasteiger partial charge < -0.3 is 5.11 Å². The summed E-state index contributed by atoms with van der Waals surface area (Å²) in [5, 5.41) is 8.46. The van der Waals surface area contributed by atoms with Crippen LogP contribution in [-0.4, -0.2) is 33.0 Å². The van der Waals surface area contributed by atoms with Crippen molar-refractivity contribution >= 4 is 10.1 Å². The monoisotopic (exact) mass is 168 g/mol. The smallest absolute Gasteiger partial charge is 0.264 e. The molecule has 0 aliphatic rings. The molecule has 0 bridgehead atoms. The summed E-state index contributed by atoms with van der Waals surface area (Å²) in [6.07, 6.45) is 0.983. The Kier molecular flexibility index (Phi) is 3.85. The summed E-state index contributed by atoms with van der Waals surface area (Å²) < 4.78 is 25.1. The molecule has 1 N–H and O–H groups in total. The van der Waals surface area contributed by atoms with Gasteiger partial charge in [-0.1, -0.05) is 6.92 Å². The van der Waals surface area contributed by atoms with E-state index in [0.717, 1.165) is 6.26 Å². The number of aliphatic hydroxyl groups excluding tert-OH is 1. The molecule has 4 nitrogen and oxygen atoms in total. The molecule has 0 amide bonds. The van der Waals surface area contributed by atoms with Gasteiger partial charge in [0.2, 0.25) is 0 Å². The first-order chi connectivity index (χ1) is 4.45. The summed E-state index contributed by atoms with van der Waals surface area (Å²) in [6.45, 7) is 1.69. The van der Waals surface area contributed by atoms with Crippen LogP contribution in [0.15, 0.2) is 0 Å². The summed E-state index contributed by atoms with van der Waals surface area (Å²) >= 11 is 0. The van der Waals surface area contributed by atoms with Crippen molar-refractivity contribution in [3.63, 3.8) is 0 Å². The minimum atomic E-state index is -3.34. The summed E-state index contributed by atoms with van der Waals surface area (Å²) in [4.78, 5) is 0. The summed E-state index contributed by atoms with van der Waals surface area (Å²) in [5.41, 5.74) is 0. The highest BCUT2D eigenvalue weighted by Gasteiger charge is 2.05. The van der Waals surface area contributed by atoms with Gasteiger partial charge in [0.15, 0.2) is 0 Å². The van der Waals surface area contributed by atoms with Crippen LogP contribution < -0.4 is 0 Å². The molecule has 0 radical (unpaired) electrons. The molecule has 10 heavy (non-hydrogen) atoms. The number of hydrogen-bond acceptors (Lipinski definition) is 4. The Morgan fingerprint density at radius 1 is 1.60 bits per heavy atom. The van der Waals surface area contributed by atoms with Crippen LogP contribution in [0.2, 0.25) is 0 Å². The molecule has 0 rings (SSSR count). The fourth-order valence-corrected chi connectivity index (χ4v) is 0.772. The Hall–Kier alpha value is -0.130. The molecule has 0 saturated carbocycles. The van der Waals surface area contributed by atoms with Crippen LogP contribution in [0.1, 0.15) is 6.92 Å². The Morgan fingerprint density at radius 2 is 2.10 bits per heavy atom. The third-order valence-electron chi connectivity index (χ3n) is 0.878. The number of rotatable bonds is 4. The van der Waals surface area contributed by atoms with E-state index < -0.39 is 10.1 Å². The van der Waals surface area contributed by atoms with E-state index in [1.165, 1.54) is 0 Å². The Balaban J connectivity index is 3.56. The van der Waals surface area contributed by atoms with E-state index in [2.05, 4.69) is 4.18 Å². The zero-order chi connectivity index (χ0) is 8.20. The average molecular weight is 168 g/mol. The molecule has 0 aromatic carbocycles. The Labute approximate surface area is 60.9 Å². The lowest BCUT2D eigenvalue weighted by Crippen LogP contribution is -2.13. The first-order valence-corrected chi connectivity index (χ1v) is 4.72. The fraction of sp³-hybridized carbons (Fsp3) is 1.00. The molecule has 0 spiro atoms. The van der Waals surface area contributed by atoms with Gasteiger partial charge in [0, 0.05) is 12.5 Å². The normalized spacial score (nSPS) is 15.1. The summed E-state index contributed by atoms with van der Waals surface area (Å²) in [7, 11) is -3.34. The summed E-state index contributed by atoms with van der Waals surface area (Å²) in [6, 6.07) is 0. The predicted octanol–water partition coefficient (Wildman–Crippen LogP) is -0.409. The number of aliphatic hydroxyl groups is 1. The molecule has 0 aliphatic heterocycles. The van der Waals surface area contributed by atoms with Crippen LogP contribution in [0.25, 0.3) is 0 Å². The second-order valence-electron chi connectivity index (χ2n) is 2.28. The van der Waals surface area contributed by atoms with E-state index in [9.17, 15) is 8.42 Å². The molecule has 1 unspecified atom stereocenters. The van der Waals surface area contributed by atoms with Crippen molar-refractivity contribution in [1.29, 1.82) is 0 Å². The predicted molar refractivity (Wildman–Crippen MR) is 37.0 cm³/mol. The molecule has 0 heterocycles. The van der Waals surface area contributed by atoms with Gasteiger partial charge in [-0.3, -0.25) is 4.18 Å². The summed E-state index contributed by atoms with van der Waals surface area (Å²) in [5.74, 6) is -0.130. The molecule has 5 heteroatoms. The van der Waals surface area contributed by atoms with Crippen LogP contribution in [0.5, 0.6) is 0 Å². The van der Waals surface area contributed by atoms with Gasteiger partial charge in [-0.05, 0) is 0 Å². The van der Waals surface area contributed by atoms with Crippen LogP contribution in [0.3, 0.4) is 0 Å². The Morgan fingerprint density at radius 3 is 2.40 bits per heavy atom. The SMILES string of the molecule is CC(CO)COS(C)(=O)=O. The average Bonchev–Trinajstić information content (AvgIpc) is 1.81. The van der Waals surface area contributed by atoms with Crippen LogP contribution in [0.4, 0.5) is 0 Å². The lowest BCUT2D eigenvalue weighted by Gasteiger charge is -2.05. The van der Waals surface area contributed by atoms with Gasteiger partial charge in [0.25, 0.3) is 10.1 Å². The second-order valence-corrected chi connectivity index (χ2v) is 3.92. The maximum Gasteiger partial charge on any atom is 0.264 e. The number of hydrogen-bond donors (Lipinski definition) is 1. The van der Waals surface area contributed by atoms with Gasteiger partial charge in [0.1, 0.15) is 0 Å². The lowest BCUT2D eigenvalue weighted by atomic mass is 10.2. The third kappa shape index (κ3) is 6.00. The lowest BCUT2D eigenvalue weighted by molar-refractivity contribution is 0.179. The zero-order valence-corrected chi connectivity index (χ0v) is 6.89. The minimum Gasteiger partial charge on any atom is -0.396 e. The van der Waals surface area contributed by atoms with E-state index in [-0.39, 0.29) is 19.1 Å². The van der Waals surface area contributed by atoms with E-state index in [1.54, 1.807) is 6.92 Å². The first kappa shape index (κ1) is 9.87. The van der Waals surface area contributed by atoms with Gasteiger partial charge in [0.05, 0.1) is 12.9 Å². The van der Waals surface area contributed by atoms with Gasteiger partial charge in [-0.2, -0.15) is 8.42 Å².